The number of guanidine groups is 1. The summed E-state index contributed by atoms with van der Waals surface area (Å²) in [6.45, 7) is 4.02. The molecule has 1 aromatic heterocycles. The number of halogens is 1. The van der Waals surface area contributed by atoms with Gasteiger partial charge < -0.3 is 25.0 Å². The predicted molar refractivity (Wildman–Crippen MR) is 135 cm³/mol. The summed E-state index contributed by atoms with van der Waals surface area (Å²) in [4.78, 5) is 11.3. The number of nitrogens with zero attached hydrogens (tertiary/aromatic N) is 3. The van der Waals surface area contributed by atoms with Gasteiger partial charge >= 0.3 is 0 Å². The van der Waals surface area contributed by atoms with Gasteiger partial charge in [-0.15, -0.1) is 24.0 Å². The Bertz CT molecular complexity index is 869. The van der Waals surface area contributed by atoms with Gasteiger partial charge in [0, 0.05) is 39.4 Å². The molecule has 168 valence electrons. The van der Waals surface area contributed by atoms with Gasteiger partial charge in [0.15, 0.2) is 17.5 Å². The number of ether oxygens (including phenoxy) is 2. The van der Waals surface area contributed by atoms with Crippen molar-refractivity contribution in [3.8, 4) is 11.5 Å². The van der Waals surface area contributed by atoms with Crippen molar-refractivity contribution in [2.75, 3.05) is 38.4 Å². The molecule has 3 heterocycles. The van der Waals surface area contributed by atoms with E-state index in [4.69, 9.17) is 9.47 Å². The summed E-state index contributed by atoms with van der Waals surface area (Å²) in [5.74, 6) is 3.53. The van der Waals surface area contributed by atoms with Crippen molar-refractivity contribution in [1.29, 1.82) is 0 Å². The third kappa shape index (κ3) is 6.62. The molecule has 2 aliphatic heterocycles. The Labute approximate surface area is 201 Å². The van der Waals surface area contributed by atoms with Gasteiger partial charge in [-0.2, -0.15) is 0 Å². The van der Waals surface area contributed by atoms with Crippen molar-refractivity contribution < 1.29 is 9.47 Å². The lowest BCUT2D eigenvalue weighted by molar-refractivity contribution is 0.174. The van der Waals surface area contributed by atoms with Crippen molar-refractivity contribution in [3.05, 3.63) is 47.7 Å². The standard InChI is InChI=1S/C23H31N5O2.HI/c1-24-23(26-11-8-18-6-7-20-21(14-18)30-17-29-20)27-16-19-9-10-25-22(15-19)28-12-4-2-3-5-13-28;/h6-7,9-10,14-15H,2-5,8,11-13,16-17H2,1H3,(H2,24,26,27);1H. The zero-order valence-corrected chi connectivity index (χ0v) is 20.4. The fourth-order valence-corrected chi connectivity index (χ4v) is 3.87. The first-order chi connectivity index (χ1) is 14.8. The van der Waals surface area contributed by atoms with Crippen LogP contribution in [0.25, 0.3) is 0 Å². The summed E-state index contributed by atoms with van der Waals surface area (Å²) in [7, 11) is 1.80. The van der Waals surface area contributed by atoms with E-state index >= 15 is 0 Å². The first kappa shape index (κ1) is 23.4. The van der Waals surface area contributed by atoms with Crippen molar-refractivity contribution in [2.45, 2.75) is 38.6 Å². The van der Waals surface area contributed by atoms with Crippen molar-refractivity contribution in [1.82, 2.24) is 15.6 Å². The van der Waals surface area contributed by atoms with Crippen LogP contribution < -0.4 is 25.0 Å². The smallest absolute Gasteiger partial charge is 0.231 e. The maximum Gasteiger partial charge on any atom is 0.231 e. The Morgan fingerprint density at radius 3 is 2.61 bits per heavy atom. The second-order valence-corrected chi connectivity index (χ2v) is 7.71. The van der Waals surface area contributed by atoms with E-state index in [9.17, 15) is 0 Å². The van der Waals surface area contributed by atoms with Crippen molar-refractivity contribution in [3.63, 3.8) is 0 Å². The largest absolute Gasteiger partial charge is 0.454 e. The maximum atomic E-state index is 5.45. The van der Waals surface area contributed by atoms with E-state index in [0.29, 0.717) is 13.3 Å². The zero-order valence-electron chi connectivity index (χ0n) is 18.1. The number of hydrogen-bond acceptors (Lipinski definition) is 5. The van der Waals surface area contributed by atoms with Crippen LogP contribution in [0.1, 0.15) is 36.8 Å². The molecule has 7 nitrogen and oxygen atoms in total. The number of aromatic nitrogens is 1. The van der Waals surface area contributed by atoms with Crippen LogP contribution in [0.3, 0.4) is 0 Å². The third-order valence-electron chi connectivity index (χ3n) is 5.57. The predicted octanol–water partition coefficient (Wildman–Crippen LogP) is 3.72. The highest BCUT2D eigenvalue weighted by atomic mass is 127. The van der Waals surface area contributed by atoms with E-state index in [0.717, 1.165) is 49.3 Å². The first-order valence-corrected chi connectivity index (χ1v) is 10.8. The summed E-state index contributed by atoms with van der Waals surface area (Å²) >= 11 is 0. The van der Waals surface area contributed by atoms with E-state index in [1.54, 1.807) is 7.05 Å². The molecule has 0 radical (unpaired) electrons. The molecule has 0 unspecified atom stereocenters. The molecule has 0 bridgehead atoms. The molecule has 8 heteroatoms. The number of aliphatic imine (C=N–C) groups is 1. The molecule has 1 saturated heterocycles. The van der Waals surface area contributed by atoms with Gasteiger partial charge in [0.05, 0.1) is 0 Å². The van der Waals surface area contributed by atoms with Crippen LogP contribution in [0.15, 0.2) is 41.5 Å². The SMILES string of the molecule is CN=C(NCCc1ccc2c(c1)OCO2)NCc1ccnc(N2CCCCCC2)c1.I. The monoisotopic (exact) mass is 537 g/mol. The molecule has 31 heavy (non-hydrogen) atoms. The normalized spacial score (nSPS) is 15.8. The van der Waals surface area contributed by atoms with Crippen LogP contribution in [0, 0.1) is 0 Å². The topological polar surface area (TPSA) is 71.0 Å². The van der Waals surface area contributed by atoms with Crippen molar-refractivity contribution in [2.24, 2.45) is 4.99 Å². The van der Waals surface area contributed by atoms with E-state index < -0.39 is 0 Å². The van der Waals surface area contributed by atoms with E-state index in [1.165, 1.54) is 36.8 Å². The number of fused-ring (bicyclic) bond motifs is 1. The fraction of sp³-hybridized carbons (Fsp3) is 0.478. The molecule has 1 aromatic carbocycles. The maximum absolute atomic E-state index is 5.45. The molecule has 0 aliphatic carbocycles. The lowest BCUT2D eigenvalue weighted by Crippen LogP contribution is -2.37. The van der Waals surface area contributed by atoms with Crippen LogP contribution in [0.5, 0.6) is 11.5 Å². The molecule has 2 N–H and O–H groups in total. The highest BCUT2D eigenvalue weighted by Crippen LogP contribution is 2.32. The highest BCUT2D eigenvalue weighted by molar-refractivity contribution is 14.0. The Morgan fingerprint density at radius 2 is 1.81 bits per heavy atom. The number of nitrogens with one attached hydrogen (secondary N) is 2. The number of pyridine rings is 1. The highest BCUT2D eigenvalue weighted by Gasteiger charge is 2.13. The lowest BCUT2D eigenvalue weighted by Gasteiger charge is -2.22. The van der Waals surface area contributed by atoms with E-state index in [2.05, 4.69) is 43.7 Å². The number of hydrogen-bond donors (Lipinski definition) is 2. The Balaban J connectivity index is 0.00000272. The van der Waals surface area contributed by atoms with Gasteiger partial charge in [0.2, 0.25) is 6.79 Å². The molecule has 0 spiro atoms. The minimum atomic E-state index is 0. The van der Waals surface area contributed by atoms with Crippen LogP contribution >= 0.6 is 24.0 Å². The van der Waals surface area contributed by atoms with Crippen LogP contribution in [0.4, 0.5) is 5.82 Å². The van der Waals surface area contributed by atoms with Crippen LogP contribution in [-0.4, -0.2) is 44.4 Å². The quantitative estimate of drug-likeness (QED) is 0.333. The van der Waals surface area contributed by atoms with Gasteiger partial charge in [-0.05, 0) is 54.7 Å². The lowest BCUT2D eigenvalue weighted by atomic mass is 10.1. The molecule has 0 saturated carbocycles. The molecule has 2 aliphatic rings. The molecule has 1 fully saturated rings. The average Bonchev–Trinajstić information content (AvgIpc) is 3.08. The Kier molecular flexibility index (Phi) is 9.05. The van der Waals surface area contributed by atoms with Crippen molar-refractivity contribution >= 4 is 35.8 Å². The van der Waals surface area contributed by atoms with Crippen LogP contribution in [-0.2, 0) is 13.0 Å². The molecule has 0 amide bonds. The molecule has 4 rings (SSSR count). The summed E-state index contributed by atoms with van der Waals surface area (Å²) in [6.07, 6.45) is 7.95. The summed E-state index contributed by atoms with van der Waals surface area (Å²) < 4.78 is 10.8. The summed E-state index contributed by atoms with van der Waals surface area (Å²) in [5.41, 5.74) is 2.42. The Morgan fingerprint density at radius 1 is 1.00 bits per heavy atom. The molecular formula is C23H32IN5O2. The minimum Gasteiger partial charge on any atom is -0.454 e. The molecule has 0 atom stereocenters. The second-order valence-electron chi connectivity index (χ2n) is 7.71. The van der Waals surface area contributed by atoms with Gasteiger partial charge in [-0.25, -0.2) is 4.98 Å². The molecular weight excluding hydrogens is 505 g/mol. The number of anilines is 1. The minimum absolute atomic E-state index is 0. The van der Waals surface area contributed by atoms with Crippen LogP contribution in [0.2, 0.25) is 0 Å². The van der Waals surface area contributed by atoms with E-state index in [-0.39, 0.29) is 24.0 Å². The number of benzene rings is 1. The fourth-order valence-electron chi connectivity index (χ4n) is 3.87. The van der Waals surface area contributed by atoms with Gasteiger partial charge in [0.25, 0.3) is 0 Å². The average molecular weight is 537 g/mol. The summed E-state index contributed by atoms with van der Waals surface area (Å²) in [6, 6.07) is 10.3. The third-order valence-corrected chi connectivity index (χ3v) is 5.57. The number of rotatable bonds is 6. The second kappa shape index (κ2) is 12.0. The van der Waals surface area contributed by atoms with Gasteiger partial charge in [-0.1, -0.05) is 18.9 Å². The van der Waals surface area contributed by atoms with Gasteiger partial charge in [0.1, 0.15) is 5.82 Å². The summed E-state index contributed by atoms with van der Waals surface area (Å²) in [5, 5.41) is 6.79. The van der Waals surface area contributed by atoms with E-state index in [1.807, 2.05) is 18.3 Å². The molecule has 2 aromatic rings. The van der Waals surface area contributed by atoms with Gasteiger partial charge in [-0.3, -0.25) is 4.99 Å². The first-order valence-electron chi connectivity index (χ1n) is 10.8. The zero-order chi connectivity index (χ0) is 20.6. The Hall–Kier alpha value is -2.23.